The van der Waals surface area contributed by atoms with Crippen LogP contribution in [0.2, 0.25) is 0 Å². The van der Waals surface area contributed by atoms with E-state index >= 15 is 0 Å². The number of likely N-dealkylation sites (tertiary alicyclic amines) is 1. The van der Waals surface area contributed by atoms with Crippen LogP contribution in [0.4, 0.5) is 0 Å². The molecule has 4 nitrogen and oxygen atoms in total. The number of aryl methyl sites for hydroxylation is 2. The molecule has 1 fully saturated rings. The van der Waals surface area contributed by atoms with Crippen LogP contribution in [-0.4, -0.2) is 33.5 Å². The van der Waals surface area contributed by atoms with Gasteiger partial charge in [-0.25, -0.2) is 4.98 Å². The molecule has 0 saturated carbocycles. The molecule has 1 aromatic carbocycles. The third-order valence-electron chi connectivity index (χ3n) is 4.42. The lowest BCUT2D eigenvalue weighted by atomic mass is 9.95. The Labute approximate surface area is 140 Å². The molecule has 1 aromatic heterocycles. The Bertz CT molecular complexity index is 666. The van der Waals surface area contributed by atoms with Gasteiger partial charge in [-0.1, -0.05) is 12.1 Å². The van der Waals surface area contributed by atoms with Crippen molar-refractivity contribution in [3.8, 4) is 5.75 Å². The lowest BCUT2D eigenvalue weighted by Crippen LogP contribution is -2.43. The average Bonchev–Trinajstić information content (AvgIpc) is 3.00. The zero-order valence-corrected chi connectivity index (χ0v) is 14.2. The van der Waals surface area contributed by atoms with Crippen LogP contribution >= 0.6 is 11.3 Å². The SMILES string of the molecule is Cc1ncc(C(=O)N2CCCC[C@H]2CCc2ccc(O)cc2)s1. The van der Waals surface area contributed by atoms with E-state index in [9.17, 15) is 9.90 Å². The predicted octanol–water partition coefficient (Wildman–Crippen LogP) is 3.78. The second kappa shape index (κ2) is 7.13. The Kier molecular flexibility index (Phi) is 4.96. The van der Waals surface area contributed by atoms with Gasteiger partial charge in [-0.3, -0.25) is 4.79 Å². The van der Waals surface area contributed by atoms with Crippen molar-refractivity contribution in [1.82, 2.24) is 9.88 Å². The zero-order chi connectivity index (χ0) is 16.2. The molecule has 2 heterocycles. The van der Waals surface area contributed by atoms with E-state index in [1.54, 1.807) is 18.3 Å². The normalized spacial score (nSPS) is 18.1. The molecule has 1 aliphatic heterocycles. The number of aromatic nitrogens is 1. The molecule has 122 valence electrons. The number of piperidine rings is 1. The van der Waals surface area contributed by atoms with E-state index in [1.807, 2.05) is 24.0 Å². The first-order valence-electron chi connectivity index (χ1n) is 8.15. The summed E-state index contributed by atoms with van der Waals surface area (Å²) in [6.45, 7) is 2.77. The highest BCUT2D eigenvalue weighted by atomic mass is 32.1. The van der Waals surface area contributed by atoms with Crippen molar-refractivity contribution >= 4 is 17.2 Å². The highest BCUT2D eigenvalue weighted by Gasteiger charge is 2.28. The molecule has 0 radical (unpaired) electrons. The van der Waals surface area contributed by atoms with E-state index in [2.05, 4.69) is 4.98 Å². The summed E-state index contributed by atoms with van der Waals surface area (Å²) in [6.07, 6.45) is 6.94. The number of phenols is 1. The molecule has 0 spiro atoms. The second-order valence-corrected chi connectivity index (χ2v) is 7.33. The molecule has 2 aromatic rings. The topological polar surface area (TPSA) is 53.4 Å². The van der Waals surface area contributed by atoms with E-state index < -0.39 is 0 Å². The summed E-state index contributed by atoms with van der Waals surface area (Å²) in [4.78, 5) is 19.7. The maximum atomic E-state index is 12.7. The molecular weight excluding hydrogens is 308 g/mol. The third-order valence-corrected chi connectivity index (χ3v) is 5.32. The minimum absolute atomic E-state index is 0.131. The van der Waals surface area contributed by atoms with Crippen molar-refractivity contribution in [2.24, 2.45) is 0 Å². The quantitative estimate of drug-likeness (QED) is 0.928. The number of rotatable bonds is 4. The largest absolute Gasteiger partial charge is 0.508 e. The van der Waals surface area contributed by atoms with Gasteiger partial charge in [0.15, 0.2) is 0 Å². The monoisotopic (exact) mass is 330 g/mol. The molecule has 0 bridgehead atoms. The number of hydrogen-bond donors (Lipinski definition) is 1. The maximum absolute atomic E-state index is 12.7. The smallest absolute Gasteiger partial charge is 0.265 e. The molecule has 5 heteroatoms. The van der Waals surface area contributed by atoms with Gasteiger partial charge in [-0.2, -0.15) is 0 Å². The standard InChI is InChI=1S/C18H22N2O2S/c1-13-19-12-17(23-13)18(22)20-11-3-2-4-15(20)8-5-14-6-9-16(21)10-7-14/h6-7,9-10,12,15,21H,2-5,8,11H2,1H3/t15-/m0/s1. The third kappa shape index (κ3) is 3.91. The van der Waals surface area contributed by atoms with Crippen LogP contribution in [0.15, 0.2) is 30.5 Å². The van der Waals surface area contributed by atoms with E-state index in [-0.39, 0.29) is 5.91 Å². The Morgan fingerprint density at radius 3 is 2.83 bits per heavy atom. The Hall–Kier alpha value is -1.88. The van der Waals surface area contributed by atoms with Crippen molar-refractivity contribution in [1.29, 1.82) is 0 Å². The van der Waals surface area contributed by atoms with Gasteiger partial charge in [0.05, 0.1) is 11.2 Å². The minimum Gasteiger partial charge on any atom is -0.508 e. The fourth-order valence-electron chi connectivity index (χ4n) is 3.17. The number of amides is 1. The minimum atomic E-state index is 0.131. The van der Waals surface area contributed by atoms with Crippen molar-refractivity contribution in [2.45, 2.75) is 45.1 Å². The van der Waals surface area contributed by atoms with Gasteiger partial charge in [-0.05, 0) is 56.7 Å². The van der Waals surface area contributed by atoms with Gasteiger partial charge in [-0.15, -0.1) is 11.3 Å². The molecule has 1 atom stereocenters. The number of carbonyl (C=O) groups excluding carboxylic acids is 1. The van der Waals surface area contributed by atoms with Gasteiger partial charge in [0.1, 0.15) is 10.6 Å². The number of carbonyl (C=O) groups is 1. The molecule has 1 N–H and O–H groups in total. The van der Waals surface area contributed by atoms with Gasteiger partial charge in [0.2, 0.25) is 0 Å². The van der Waals surface area contributed by atoms with Crippen LogP contribution in [0.25, 0.3) is 0 Å². The number of aromatic hydroxyl groups is 1. The molecule has 23 heavy (non-hydrogen) atoms. The number of hydrogen-bond acceptors (Lipinski definition) is 4. The van der Waals surface area contributed by atoms with E-state index in [0.717, 1.165) is 42.1 Å². The first-order chi connectivity index (χ1) is 11.1. The molecule has 0 unspecified atom stereocenters. The van der Waals surface area contributed by atoms with Crippen LogP contribution in [0.3, 0.4) is 0 Å². The molecular formula is C18H22N2O2S. The van der Waals surface area contributed by atoms with Crippen LogP contribution < -0.4 is 0 Å². The van der Waals surface area contributed by atoms with Gasteiger partial charge in [0, 0.05) is 12.6 Å². The maximum Gasteiger partial charge on any atom is 0.265 e. The van der Waals surface area contributed by atoms with Gasteiger partial charge in [0.25, 0.3) is 5.91 Å². The summed E-state index contributed by atoms with van der Waals surface area (Å²) >= 11 is 1.48. The number of nitrogens with zero attached hydrogens (tertiary/aromatic N) is 2. The van der Waals surface area contributed by atoms with Crippen molar-refractivity contribution in [2.75, 3.05) is 6.54 Å². The van der Waals surface area contributed by atoms with Crippen LogP contribution in [-0.2, 0) is 6.42 Å². The van der Waals surface area contributed by atoms with E-state index in [1.165, 1.54) is 23.3 Å². The Morgan fingerprint density at radius 2 is 2.13 bits per heavy atom. The number of benzene rings is 1. The molecule has 3 rings (SSSR count). The van der Waals surface area contributed by atoms with Crippen LogP contribution in [0, 0.1) is 6.92 Å². The van der Waals surface area contributed by atoms with Crippen molar-refractivity contribution in [3.05, 3.63) is 45.9 Å². The summed E-state index contributed by atoms with van der Waals surface area (Å²) in [6, 6.07) is 7.65. The number of thiazole rings is 1. The summed E-state index contributed by atoms with van der Waals surface area (Å²) in [5, 5.41) is 10.3. The highest BCUT2D eigenvalue weighted by Crippen LogP contribution is 2.25. The van der Waals surface area contributed by atoms with Crippen LogP contribution in [0.5, 0.6) is 5.75 Å². The fraction of sp³-hybridized carbons (Fsp3) is 0.444. The molecule has 1 aliphatic rings. The lowest BCUT2D eigenvalue weighted by molar-refractivity contribution is 0.0606. The van der Waals surface area contributed by atoms with E-state index in [0.29, 0.717) is 11.8 Å². The van der Waals surface area contributed by atoms with Crippen LogP contribution in [0.1, 0.15) is 45.9 Å². The summed E-state index contributed by atoms with van der Waals surface area (Å²) < 4.78 is 0. The average molecular weight is 330 g/mol. The molecule has 1 amide bonds. The lowest BCUT2D eigenvalue weighted by Gasteiger charge is -2.35. The number of phenolic OH excluding ortho intramolecular Hbond substituents is 1. The molecule has 0 aliphatic carbocycles. The summed E-state index contributed by atoms with van der Waals surface area (Å²) in [7, 11) is 0. The first kappa shape index (κ1) is 16.0. The second-order valence-electron chi connectivity index (χ2n) is 6.10. The van der Waals surface area contributed by atoms with Crippen molar-refractivity contribution in [3.63, 3.8) is 0 Å². The van der Waals surface area contributed by atoms with E-state index in [4.69, 9.17) is 0 Å². The van der Waals surface area contributed by atoms with Crippen molar-refractivity contribution < 1.29 is 9.90 Å². The Morgan fingerprint density at radius 1 is 1.35 bits per heavy atom. The Balaban J connectivity index is 1.66. The summed E-state index contributed by atoms with van der Waals surface area (Å²) in [5.74, 6) is 0.426. The first-order valence-corrected chi connectivity index (χ1v) is 8.96. The highest BCUT2D eigenvalue weighted by molar-refractivity contribution is 7.13. The van der Waals surface area contributed by atoms with Gasteiger partial charge < -0.3 is 10.0 Å². The van der Waals surface area contributed by atoms with Gasteiger partial charge >= 0.3 is 0 Å². The fourth-order valence-corrected chi connectivity index (χ4v) is 3.90. The predicted molar refractivity (Wildman–Crippen MR) is 92.0 cm³/mol. The molecule has 1 saturated heterocycles. The zero-order valence-electron chi connectivity index (χ0n) is 13.4. The summed E-state index contributed by atoms with van der Waals surface area (Å²) in [5.41, 5.74) is 1.20.